The number of amides is 1. The Morgan fingerprint density at radius 2 is 1.04 bits per heavy atom. The third-order valence-electron chi connectivity index (χ3n) is 17.4. The van der Waals surface area contributed by atoms with E-state index in [1.165, 1.54) is 64.7 Å². The Labute approximate surface area is 538 Å². The van der Waals surface area contributed by atoms with Gasteiger partial charge in [-0.3, -0.25) is 44.2 Å². The van der Waals surface area contributed by atoms with Gasteiger partial charge in [-0.15, -0.1) is 0 Å². The van der Waals surface area contributed by atoms with E-state index in [9.17, 15) is 53.1 Å². The van der Waals surface area contributed by atoms with Crippen LogP contribution in [0.4, 0.5) is 5.69 Å². The summed E-state index contributed by atoms with van der Waals surface area (Å²) < 4.78 is 14.6. The second-order valence-corrected chi connectivity index (χ2v) is 24.6. The monoisotopic (exact) mass is 1290 g/mol. The minimum absolute atomic E-state index is 0.00817. The van der Waals surface area contributed by atoms with E-state index in [1.54, 1.807) is 32.6 Å². The molecule has 1 aromatic rings. The number of nitrogens with one attached hydrogen (secondary N) is 5. The van der Waals surface area contributed by atoms with Crippen LogP contribution < -0.4 is 32.3 Å². The first-order chi connectivity index (χ1) is 43.2. The van der Waals surface area contributed by atoms with Gasteiger partial charge in [0.05, 0.1) is 25.9 Å². The van der Waals surface area contributed by atoms with Crippen LogP contribution in [0.1, 0.15) is 210 Å². The Morgan fingerprint density at radius 1 is 0.582 bits per heavy atom. The van der Waals surface area contributed by atoms with E-state index in [2.05, 4.69) is 33.5 Å². The van der Waals surface area contributed by atoms with Gasteiger partial charge in [-0.05, 0) is 148 Å². The molecule has 25 nitrogen and oxygen atoms in total. The molecule has 6 fully saturated rings. The molecule has 0 radical (unpaired) electrons. The van der Waals surface area contributed by atoms with Gasteiger partial charge in [0.2, 0.25) is 11.7 Å². The number of anilines is 1. The summed E-state index contributed by atoms with van der Waals surface area (Å²) in [5, 5.41) is 59.0. The fourth-order valence-electron chi connectivity index (χ4n) is 12.8. The Bertz CT molecular complexity index is 2370. The number of aliphatic carboxylic acids is 5. The number of nitrogens with zero attached hydrogens (tertiary/aromatic N) is 1. The van der Waals surface area contributed by atoms with Gasteiger partial charge in [0.15, 0.2) is 0 Å². The smallest absolute Gasteiger partial charge is 0.371 e. The maximum Gasteiger partial charge on any atom is 0.371 e. The van der Waals surface area contributed by atoms with E-state index < -0.39 is 77.9 Å². The number of rotatable bonds is 22. The Hall–Kier alpha value is -6.28. The van der Waals surface area contributed by atoms with Crippen molar-refractivity contribution in [1.82, 2.24) is 26.2 Å². The lowest BCUT2D eigenvalue weighted by atomic mass is 9.84. The number of fused-ring (bicyclic) bond motifs is 4. The number of hydrogen-bond donors (Lipinski definition) is 11. The molecule has 1 amide bonds. The van der Waals surface area contributed by atoms with E-state index >= 15 is 0 Å². The SMILES string of the molecule is CC(=O)C(=O)O.CCC[C@@H](N)C(=O)OCC.CCC[C@@H](N[C@H](C)C(=O)N1[C@H](C(=O)O)C[C@@H]2CCCC[C@@H]21)C(=O)OCC.CCC[C@@H](N[C@H](C)C(=O)O)C(=O)OCC.C[C@@H]1C[C@@H]2CCCC[C@@H]2N1.O=C(O)[C@@H]1C[C@@H]2CCCC[C@@H]2N1.O=C(O)[C@@H]1Cc2ccccc2N1. The first-order valence-electron chi connectivity index (χ1n) is 33.3. The molecule has 4 heterocycles. The van der Waals surface area contributed by atoms with Crippen LogP contribution in [0, 0.1) is 17.8 Å². The topological polar surface area (TPSA) is 389 Å². The molecule has 3 saturated carbocycles. The minimum atomic E-state index is -1.38. The summed E-state index contributed by atoms with van der Waals surface area (Å²) in [5.41, 5.74) is 7.48. The molecule has 25 heteroatoms. The number of likely N-dealkylation sites (tertiary alicyclic amines) is 1. The molecule has 15 atom stereocenters. The Morgan fingerprint density at radius 3 is 1.49 bits per heavy atom. The summed E-state index contributed by atoms with van der Waals surface area (Å²) in [6.07, 6.45) is 22.6. The molecular formula is C66H111N7O18. The van der Waals surface area contributed by atoms with E-state index in [-0.39, 0.29) is 41.8 Å². The van der Waals surface area contributed by atoms with Crippen LogP contribution in [-0.4, -0.2) is 182 Å². The number of ether oxygens (including phenoxy) is 3. The molecule has 1 aromatic carbocycles. The van der Waals surface area contributed by atoms with Crippen molar-refractivity contribution in [2.75, 3.05) is 25.1 Å². The first kappa shape index (κ1) is 80.8. The van der Waals surface area contributed by atoms with Crippen LogP contribution in [-0.2, 0) is 68.6 Å². The number of para-hydroxylation sites is 1. The molecule has 0 bridgehead atoms. The lowest BCUT2D eigenvalue weighted by molar-refractivity contribution is -0.152. The number of carbonyl (C=O) groups excluding carboxylic acids is 5. The predicted molar refractivity (Wildman–Crippen MR) is 343 cm³/mol. The van der Waals surface area contributed by atoms with Crippen LogP contribution >= 0.6 is 0 Å². The normalized spacial score (nSPS) is 25.3. The van der Waals surface area contributed by atoms with Gasteiger partial charge in [-0.1, -0.05) is 96.8 Å². The molecule has 12 N–H and O–H groups in total. The fourth-order valence-corrected chi connectivity index (χ4v) is 12.8. The number of benzene rings is 1. The van der Waals surface area contributed by atoms with E-state index in [0.717, 1.165) is 87.5 Å². The average molecular weight is 1290 g/mol. The fraction of sp³-hybridized carbons (Fsp3) is 0.758. The third-order valence-corrected chi connectivity index (χ3v) is 17.4. The van der Waals surface area contributed by atoms with Crippen LogP contribution in [0.2, 0.25) is 0 Å². The standard InChI is InChI=1S/C19H32N2O5.C10H19NO4.C9H15NO2.C9H9NO2.C9H17N.C7H15NO2.C3H4O3/c1-4-8-14(19(25)26-5-2)20-12(3)17(22)21-15-10-7-6-9-13(15)11-16(21)18(23)24;1-4-6-8(10(14)15-5-2)11-7(3)9(12)13;2*11-9(12)8-5-6-3-1-2-4-7(6)10-8;1-7-6-8-4-2-3-5-9(8)10-7;1-3-5-6(8)7(9)10-4-2;1-2(4)3(5)6/h12-16,20H,4-11H2,1-3H3,(H,23,24);7-8,11H,4-6H2,1-3H3,(H,12,13);6-8,10H,1-5H2,(H,11,12);1-4,8,10H,5H2,(H,11,12);7-10H,2-6H2,1H3;6H,3-5,8H2,1-2H3;1H3,(H,5,6)/t12-,13+,14-,15+,16+;7-,8-;6-,7-,8-;8-;7-,8+,9+;6-;/m110011./s1. The van der Waals surface area contributed by atoms with Crippen LogP contribution in [0.25, 0.3) is 0 Å². The number of ketones is 1. The summed E-state index contributed by atoms with van der Waals surface area (Å²) in [4.78, 5) is 111. The van der Waals surface area contributed by atoms with E-state index in [1.807, 2.05) is 45.0 Å². The molecule has 0 unspecified atom stereocenters. The second-order valence-electron chi connectivity index (χ2n) is 24.6. The van der Waals surface area contributed by atoms with Gasteiger partial charge >= 0.3 is 47.8 Å². The van der Waals surface area contributed by atoms with Gasteiger partial charge in [-0.25, -0.2) is 14.4 Å². The van der Waals surface area contributed by atoms with Crippen LogP contribution in [0.15, 0.2) is 24.3 Å². The molecule has 7 aliphatic rings. The second kappa shape index (κ2) is 43.5. The number of hydrogen-bond acceptors (Lipinski definition) is 19. The summed E-state index contributed by atoms with van der Waals surface area (Å²) in [7, 11) is 0. The summed E-state index contributed by atoms with van der Waals surface area (Å²) in [6.45, 7) is 18.7. The Balaban J connectivity index is 0.000000379. The van der Waals surface area contributed by atoms with Crippen molar-refractivity contribution < 1.29 is 87.7 Å². The van der Waals surface area contributed by atoms with Crippen molar-refractivity contribution in [3.05, 3.63) is 29.8 Å². The largest absolute Gasteiger partial charge is 0.480 e. The van der Waals surface area contributed by atoms with Crippen molar-refractivity contribution in [3.63, 3.8) is 0 Å². The van der Waals surface area contributed by atoms with Crippen molar-refractivity contribution in [2.45, 2.75) is 283 Å². The summed E-state index contributed by atoms with van der Waals surface area (Å²) >= 11 is 0. The van der Waals surface area contributed by atoms with E-state index in [4.69, 9.17) is 40.4 Å². The molecule has 8 rings (SSSR count). The molecule has 3 aliphatic carbocycles. The van der Waals surface area contributed by atoms with Crippen molar-refractivity contribution >= 4 is 65.1 Å². The van der Waals surface area contributed by atoms with Gasteiger partial charge in [0, 0.05) is 43.2 Å². The van der Waals surface area contributed by atoms with Crippen LogP contribution in [0.3, 0.4) is 0 Å². The van der Waals surface area contributed by atoms with Crippen LogP contribution in [0.5, 0.6) is 0 Å². The number of esters is 3. The van der Waals surface area contributed by atoms with Crippen molar-refractivity contribution in [1.29, 1.82) is 0 Å². The zero-order chi connectivity index (χ0) is 68.3. The highest BCUT2D eigenvalue weighted by atomic mass is 16.5. The Kier molecular flexibility index (Phi) is 38.7. The third kappa shape index (κ3) is 28.6. The minimum Gasteiger partial charge on any atom is -0.480 e. The van der Waals surface area contributed by atoms with Gasteiger partial charge < -0.3 is 66.3 Å². The molecular weight excluding hydrogens is 1180 g/mol. The summed E-state index contributed by atoms with van der Waals surface area (Å²) in [5.74, 6) is -4.88. The van der Waals surface area contributed by atoms with Gasteiger partial charge in [0.25, 0.3) is 0 Å². The first-order valence-corrected chi connectivity index (χ1v) is 33.3. The van der Waals surface area contributed by atoms with Crippen molar-refractivity contribution in [2.24, 2.45) is 23.5 Å². The van der Waals surface area contributed by atoms with E-state index in [0.29, 0.717) is 63.9 Å². The molecule has 0 spiro atoms. The molecule has 91 heavy (non-hydrogen) atoms. The highest BCUT2D eigenvalue weighted by Crippen LogP contribution is 2.40. The number of carboxylic acids is 5. The highest BCUT2D eigenvalue weighted by Gasteiger charge is 2.49. The lowest BCUT2D eigenvalue weighted by Crippen LogP contribution is -2.55. The van der Waals surface area contributed by atoms with Crippen molar-refractivity contribution in [3.8, 4) is 0 Å². The number of Topliss-reactive ketones (excluding diaryl/α,β-unsaturated/α-hetero) is 1. The number of nitrogens with two attached hydrogens (primary N) is 1. The van der Waals surface area contributed by atoms with Gasteiger partial charge in [0.1, 0.15) is 42.3 Å². The molecule has 518 valence electrons. The zero-order valence-electron chi connectivity index (χ0n) is 55.7. The number of carbonyl (C=O) groups is 10. The zero-order valence-corrected chi connectivity index (χ0v) is 55.7. The summed E-state index contributed by atoms with van der Waals surface area (Å²) in [6, 6.07) is 5.53. The molecule has 4 aliphatic heterocycles. The van der Waals surface area contributed by atoms with Gasteiger partial charge in [-0.2, -0.15) is 0 Å². The average Bonchev–Trinajstić information content (AvgIpc) is 1.68. The molecule has 0 aromatic heterocycles. The maximum absolute atomic E-state index is 13.1. The maximum atomic E-state index is 13.1. The lowest BCUT2D eigenvalue weighted by Gasteiger charge is -2.35. The quantitative estimate of drug-likeness (QED) is 0.0313. The highest BCUT2D eigenvalue weighted by molar-refractivity contribution is 6.31. The molecule has 3 saturated heterocycles. The number of carboxylic acid groups (broad SMARTS) is 5. The predicted octanol–water partition coefficient (Wildman–Crippen LogP) is 7.08.